The molecule has 1 aromatic rings. The van der Waals surface area contributed by atoms with Gasteiger partial charge < -0.3 is 15.3 Å². The lowest BCUT2D eigenvalue weighted by Gasteiger charge is -2.21. The van der Waals surface area contributed by atoms with Crippen LogP contribution in [0.1, 0.15) is 24.4 Å². The number of rotatable bonds is 5. The molecule has 0 aromatic heterocycles. The number of aliphatic hydroxyl groups excluding tert-OH is 1. The average molecular weight is 302 g/mol. The van der Waals surface area contributed by atoms with Gasteiger partial charge >= 0.3 is 0 Å². The zero-order chi connectivity index (χ0) is 13.3. The van der Waals surface area contributed by atoms with Gasteiger partial charge in [-0.25, -0.2) is 0 Å². The van der Waals surface area contributed by atoms with Crippen LogP contribution >= 0.6 is 12.4 Å². The van der Waals surface area contributed by atoms with Crippen molar-refractivity contribution in [3.05, 3.63) is 29.8 Å². The lowest BCUT2D eigenvalue weighted by molar-refractivity contribution is 0.122. The molecule has 1 aliphatic carbocycles. The highest BCUT2D eigenvalue weighted by atomic mass is 35.5. The van der Waals surface area contributed by atoms with E-state index < -0.39 is 14.4 Å². The molecule has 1 fully saturated rings. The van der Waals surface area contributed by atoms with Crippen molar-refractivity contribution in [2.45, 2.75) is 44.6 Å². The molecule has 0 saturated heterocycles. The summed E-state index contributed by atoms with van der Waals surface area (Å²) < 4.78 is 5.89. The molecule has 0 aliphatic heterocycles. The number of benzene rings is 1. The Morgan fingerprint density at radius 3 is 2.16 bits per heavy atom. The van der Waals surface area contributed by atoms with E-state index in [-0.39, 0.29) is 18.4 Å². The first kappa shape index (κ1) is 16.5. The standard InChI is InChI=1S/C14H23NO2Si.ClH/c1-18(2,3)17-12-8-6-10(7-9-12)13(15)14(16)11-4-5-11;/h6-9,11,13-14,16H,4-5,15H2,1-3H3;1H/t13-,14+;/m0./s1. The van der Waals surface area contributed by atoms with E-state index >= 15 is 0 Å². The predicted octanol–water partition coefficient (Wildman–Crippen LogP) is 3.09. The van der Waals surface area contributed by atoms with Gasteiger partial charge in [0, 0.05) is 0 Å². The van der Waals surface area contributed by atoms with Crippen molar-refractivity contribution in [2.75, 3.05) is 0 Å². The topological polar surface area (TPSA) is 55.5 Å². The van der Waals surface area contributed by atoms with Crippen LogP contribution in [0, 0.1) is 5.92 Å². The van der Waals surface area contributed by atoms with Crippen LogP contribution in [0.5, 0.6) is 5.75 Å². The van der Waals surface area contributed by atoms with E-state index in [0.717, 1.165) is 24.2 Å². The van der Waals surface area contributed by atoms with E-state index in [4.69, 9.17) is 10.2 Å². The van der Waals surface area contributed by atoms with Gasteiger partial charge in [-0.1, -0.05) is 12.1 Å². The molecule has 0 heterocycles. The molecule has 0 amide bonds. The molecule has 3 nitrogen and oxygen atoms in total. The fourth-order valence-electron chi connectivity index (χ4n) is 2.04. The fourth-order valence-corrected chi connectivity index (χ4v) is 2.88. The van der Waals surface area contributed by atoms with Gasteiger partial charge in [-0.05, 0) is 56.1 Å². The Morgan fingerprint density at radius 1 is 1.21 bits per heavy atom. The molecule has 0 unspecified atom stereocenters. The third-order valence-electron chi connectivity index (χ3n) is 3.16. The Labute approximate surface area is 122 Å². The van der Waals surface area contributed by atoms with Crippen LogP contribution in [0.4, 0.5) is 0 Å². The maximum absolute atomic E-state index is 10.0. The zero-order valence-corrected chi connectivity index (χ0v) is 13.6. The van der Waals surface area contributed by atoms with Gasteiger partial charge in [0.1, 0.15) is 5.75 Å². The average Bonchev–Trinajstić information content (AvgIpc) is 3.10. The molecule has 2 rings (SSSR count). The monoisotopic (exact) mass is 301 g/mol. The molecule has 2 atom stereocenters. The normalized spacial score (nSPS) is 18.4. The van der Waals surface area contributed by atoms with Crippen molar-refractivity contribution in [3.63, 3.8) is 0 Å². The third kappa shape index (κ3) is 4.80. The van der Waals surface area contributed by atoms with Crippen molar-refractivity contribution in [1.29, 1.82) is 0 Å². The Balaban J connectivity index is 0.00000180. The van der Waals surface area contributed by atoms with Gasteiger partial charge in [0.25, 0.3) is 0 Å². The number of nitrogens with two attached hydrogens (primary N) is 1. The maximum Gasteiger partial charge on any atom is 0.242 e. The Kier molecular flexibility index (Phi) is 5.44. The quantitative estimate of drug-likeness (QED) is 0.822. The molecule has 0 bridgehead atoms. The molecule has 0 radical (unpaired) electrons. The van der Waals surface area contributed by atoms with Crippen LogP contribution in [0.15, 0.2) is 24.3 Å². The molecular formula is C14H24ClNO2Si. The van der Waals surface area contributed by atoms with Gasteiger partial charge in [-0.15, -0.1) is 12.4 Å². The Bertz CT molecular complexity index is 401. The largest absolute Gasteiger partial charge is 0.544 e. The minimum Gasteiger partial charge on any atom is -0.544 e. The second-order valence-corrected chi connectivity index (χ2v) is 10.6. The first-order valence-corrected chi connectivity index (χ1v) is 10.0. The number of halogens is 1. The first-order chi connectivity index (χ1) is 8.37. The van der Waals surface area contributed by atoms with Crippen LogP contribution in [0.25, 0.3) is 0 Å². The van der Waals surface area contributed by atoms with Crippen molar-refractivity contribution in [2.24, 2.45) is 11.7 Å². The first-order valence-electron chi connectivity index (χ1n) is 6.59. The summed E-state index contributed by atoms with van der Waals surface area (Å²) in [6.45, 7) is 6.47. The zero-order valence-electron chi connectivity index (χ0n) is 11.8. The highest BCUT2D eigenvalue weighted by Gasteiger charge is 2.34. The molecule has 1 aliphatic rings. The van der Waals surface area contributed by atoms with E-state index in [2.05, 4.69) is 19.6 Å². The lowest BCUT2D eigenvalue weighted by Crippen LogP contribution is -2.29. The van der Waals surface area contributed by atoms with Crippen molar-refractivity contribution < 1.29 is 9.53 Å². The highest BCUT2D eigenvalue weighted by molar-refractivity contribution is 6.70. The Morgan fingerprint density at radius 2 is 1.74 bits per heavy atom. The minimum atomic E-state index is -1.55. The van der Waals surface area contributed by atoms with E-state index in [1.807, 2.05) is 24.3 Å². The number of hydrogen-bond acceptors (Lipinski definition) is 3. The molecule has 19 heavy (non-hydrogen) atoms. The van der Waals surface area contributed by atoms with Crippen LogP contribution in [0.2, 0.25) is 19.6 Å². The van der Waals surface area contributed by atoms with Gasteiger partial charge in [0.2, 0.25) is 8.32 Å². The summed E-state index contributed by atoms with van der Waals surface area (Å²) in [6.07, 6.45) is 1.80. The van der Waals surface area contributed by atoms with Crippen molar-refractivity contribution in [1.82, 2.24) is 0 Å². The molecule has 108 valence electrons. The summed E-state index contributed by atoms with van der Waals surface area (Å²) in [7, 11) is -1.55. The summed E-state index contributed by atoms with van der Waals surface area (Å²) in [6, 6.07) is 7.55. The Hall–Kier alpha value is -0.553. The fraction of sp³-hybridized carbons (Fsp3) is 0.571. The molecule has 3 N–H and O–H groups in total. The van der Waals surface area contributed by atoms with Gasteiger partial charge in [0.05, 0.1) is 12.1 Å². The molecular weight excluding hydrogens is 278 g/mol. The summed E-state index contributed by atoms with van der Waals surface area (Å²) in [5.41, 5.74) is 7.06. The van der Waals surface area contributed by atoms with E-state index in [1.54, 1.807) is 0 Å². The smallest absolute Gasteiger partial charge is 0.242 e. The van der Waals surface area contributed by atoms with E-state index in [9.17, 15) is 5.11 Å². The summed E-state index contributed by atoms with van der Waals surface area (Å²) in [4.78, 5) is 0. The number of hydrogen-bond donors (Lipinski definition) is 2. The summed E-state index contributed by atoms with van der Waals surface area (Å²) in [5.74, 6) is 1.30. The molecule has 1 saturated carbocycles. The molecule has 0 spiro atoms. The second kappa shape index (κ2) is 6.26. The predicted molar refractivity (Wildman–Crippen MR) is 83.3 cm³/mol. The van der Waals surface area contributed by atoms with Crippen LogP contribution in [-0.4, -0.2) is 19.5 Å². The van der Waals surface area contributed by atoms with Crippen LogP contribution in [-0.2, 0) is 0 Å². The van der Waals surface area contributed by atoms with Crippen LogP contribution < -0.4 is 10.2 Å². The van der Waals surface area contributed by atoms with Crippen molar-refractivity contribution >= 4 is 20.7 Å². The minimum absolute atomic E-state index is 0. The van der Waals surface area contributed by atoms with Crippen molar-refractivity contribution in [3.8, 4) is 5.75 Å². The van der Waals surface area contributed by atoms with E-state index in [0.29, 0.717) is 5.92 Å². The van der Waals surface area contributed by atoms with E-state index in [1.165, 1.54) is 0 Å². The highest BCUT2D eigenvalue weighted by Crippen LogP contribution is 2.37. The van der Waals surface area contributed by atoms with Gasteiger partial charge in [-0.3, -0.25) is 0 Å². The second-order valence-electron chi connectivity index (χ2n) is 6.14. The number of aliphatic hydroxyl groups is 1. The van der Waals surface area contributed by atoms with Gasteiger partial charge in [0.15, 0.2) is 0 Å². The SMILES string of the molecule is C[Si](C)(C)Oc1ccc([C@H](N)[C@H](O)C2CC2)cc1.Cl. The third-order valence-corrected chi connectivity index (χ3v) is 4.01. The lowest BCUT2D eigenvalue weighted by atomic mass is 9.99. The van der Waals surface area contributed by atoms with Gasteiger partial charge in [-0.2, -0.15) is 0 Å². The maximum atomic E-state index is 10.0. The van der Waals surface area contributed by atoms with Crippen LogP contribution in [0.3, 0.4) is 0 Å². The molecule has 5 heteroatoms. The summed E-state index contributed by atoms with van der Waals surface area (Å²) >= 11 is 0. The summed E-state index contributed by atoms with van der Waals surface area (Å²) in [5, 5.41) is 10.0. The molecule has 1 aromatic carbocycles.